The summed E-state index contributed by atoms with van der Waals surface area (Å²) in [6, 6.07) is 16.2. The second kappa shape index (κ2) is 7.45. The van der Waals surface area contributed by atoms with E-state index in [2.05, 4.69) is 34.1 Å². The van der Waals surface area contributed by atoms with Crippen LogP contribution in [0.1, 0.15) is 39.8 Å². The van der Waals surface area contributed by atoms with E-state index >= 15 is 0 Å². The number of amides is 1. The molecule has 0 saturated carbocycles. The third-order valence-corrected chi connectivity index (χ3v) is 5.32. The van der Waals surface area contributed by atoms with E-state index in [-0.39, 0.29) is 0 Å². The van der Waals surface area contributed by atoms with Crippen molar-refractivity contribution >= 4 is 16.8 Å². The molecule has 0 radical (unpaired) electrons. The Morgan fingerprint density at radius 3 is 2.56 bits per heavy atom. The molecule has 0 aliphatic carbocycles. The smallest absolute Gasteiger partial charge is 0.250 e. The Balaban J connectivity index is 1.75. The molecule has 4 rings (SSSR count). The number of benzene rings is 2. The highest BCUT2D eigenvalue weighted by Crippen LogP contribution is 2.28. The maximum absolute atomic E-state index is 11.8. The number of fused-ring (bicyclic) bond motifs is 1. The number of hydrogen-bond acceptors (Lipinski definition) is 4. The predicted molar refractivity (Wildman–Crippen MR) is 107 cm³/mol. The molecule has 3 aromatic rings. The topological polar surface area (TPSA) is 72.1 Å². The van der Waals surface area contributed by atoms with Crippen LogP contribution in [-0.2, 0) is 6.42 Å². The van der Waals surface area contributed by atoms with Crippen molar-refractivity contribution in [1.82, 2.24) is 14.9 Å². The lowest BCUT2D eigenvalue weighted by molar-refractivity contribution is 0.100. The van der Waals surface area contributed by atoms with Crippen molar-refractivity contribution in [3.63, 3.8) is 0 Å². The van der Waals surface area contributed by atoms with E-state index in [1.807, 2.05) is 25.1 Å². The van der Waals surface area contributed by atoms with Crippen molar-refractivity contribution in [3.8, 4) is 0 Å². The van der Waals surface area contributed by atoms with Crippen LogP contribution in [0.2, 0.25) is 0 Å². The van der Waals surface area contributed by atoms with Crippen molar-refractivity contribution < 1.29 is 4.79 Å². The minimum absolute atomic E-state index is 0.348. The van der Waals surface area contributed by atoms with Gasteiger partial charge in [0.1, 0.15) is 5.82 Å². The first-order chi connectivity index (χ1) is 13.1. The summed E-state index contributed by atoms with van der Waals surface area (Å²) in [6.07, 6.45) is 2.08. The maximum atomic E-state index is 11.8. The van der Waals surface area contributed by atoms with Crippen LogP contribution in [0.5, 0.6) is 0 Å². The zero-order valence-electron chi connectivity index (χ0n) is 15.6. The van der Waals surface area contributed by atoms with Crippen LogP contribution in [-0.4, -0.2) is 40.4 Å². The Labute approximate surface area is 159 Å². The quantitative estimate of drug-likeness (QED) is 0.733. The fraction of sp³-hybridized carbons (Fsp3) is 0.318. The minimum atomic E-state index is -0.454. The Kier molecular flexibility index (Phi) is 4.86. The van der Waals surface area contributed by atoms with Crippen molar-refractivity contribution in [3.05, 3.63) is 71.2 Å². The van der Waals surface area contributed by atoms with Crippen LogP contribution in [0.4, 0.5) is 0 Å². The lowest BCUT2D eigenvalue weighted by Gasteiger charge is -2.34. The number of nitrogens with zero attached hydrogens (tertiary/aromatic N) is 3. The second-order valence-electron chi connectivity index (χ2n) is 7.25. The van der Waals surface area contributed by atoms with Crippen molar-refractivity contribution in [2.75, 3.05) is 19.6 Å². The number of nitrogens with two attached hydrogens (primary N) is 1. The normalized spacial score (nSPS) is 15.4. The molecule has 2 aromatic carbocycles. The molecule has 1 saturated heterocycles. The van der Waals surface area contributed by atoms with Crippen molar-refractivity contribution in [2.45, 2.75) is 25.7 Å². The number of likely N-dealkylation sites (tertiary alicyclic amines) is 1. The second-order valence-corrected chi connectivity index (χ2v) is 7.25. The maximum Gasteiger partial charge on any atom is 0.250 e. The Morgan fingerprint density at radius 2 is 1.89 bits per heavy atom. The summed E-state index contributed by atoms with van der Waals surface area (Å²) in [6.45, 7) is 5.22. The summed E-state index contributed by atoms with van der Waals surface area (Å²) in [5.74, 6) is 0.563. The zero-order chi connectivity index (χ0) is 18.8. The molecule has 5 nitrogen and oxygen atoms in total. The number of aryl methyl sites for hydroxylation is 1. The van der Waals surface area contributed by atoms with Crippen LogP contribution < -0.4 is 5.73 Å². The highest BCUT2D eigenvalue weighted by molar-refractivity contribution is 6.05. The molecule has 138 valence electrons. The predicted octanol–water partition coefficient (Wildman–Crippen LogP) is 3.07. The summed E-state index contributed by atoms with van der Waals surface area (Å²) >= 11 is 0. The number of aromatic nitrogens is 2. The average molecular weight is 360 g/mol. The molecular formula is C22H24N4O. The summed E-state index contributed by atoms with van der Waals surface area (Å²) in [5, 5.41) is 0.918. The van der Waals surface area contributed by atoms with Crippen LogP contribution >= 0.6 is 0 Å². The van der Waals surface area contributed by atoms with Gasteiger partial charge in [-0.2, -0.15) is 0 Å². The first kappa shape index (κ1) is 17.6. The van der Waals surface area contributed by atoms with Gasteiger partial charge in [-0.05, 0) is 44.5 Å². The van der Waals surface area contributed by atoms with E-state index in [0.717, 1.165) is 24.0 Å². The molecule has 1 atom stereocenters. The van der Waals surface area contributed by atoms with Gasteiger partial charge in [0.05, 0.1) is 16.8 Å². The molecule has 1 fully saturated rings. The Hall–Kier alpha value is -2.79. The number of carbonyl (C=O) groups is 1. The third-order valence-electron chi connectivity index (χ3n) is 5.32. The van der Waals surface area contributed by atoms with E-state index < -0.39 is 5.91 Å². The molecule has 1 aliphatic heterocycles. The summed E-state index contributed by atoms with van der Waals surface area (Å²) in [4.78, 5) is 23.6. The number of carbonyl (C=O) groups excluding carboxylic acids is 1. The van der Waals surface area contributed by atoms with Gasteiger partial charge in [-0.15, -0.1) is 0 Å². The standard InChI is InChI=1S/C22H24N4O/c1-15-24-20(18-9-5-10-19(22(23)27)21(18)25-15)13-17(14-26-11-6-12-26)16-7-3-2-4-8-16/h2-5,7-10,17H,6,11-14H2,1H3,(H2,23,27). The van der Waals surface area contributed by atoms with Gasteiger partial charge in [0.15, 0.2) is 0 Å². The molecule has 1 aliphatic rings. The number of primary amides is 1. The molecule has 2 N–H and O–H groups in total. The first-order valence-electron chi connectivity index (χ1n) is 9.45. The van der Waals surface area contributed by atoms with E-state index in [0.29, 0.717) is 22.8 Å². The summed E-state index contributed by atoms with van der Waals surface area (Å²) in [5.41, 5.74) is 8.97. The highest BCUT2D eigenvalue weighted by Gasteiger charge is 2.23. The SMILES string of the molecule is Cc1nc(CC(CN2CCC2)c2ccccc2)c2cccc(C(N)=O)c2n1. The lowest BCUT2D eigenvalue weighted by Crippen LogP contribution is -2.40. The molecule has 27 heavy (non-hydrogen) atoms. The van der Waals surface area contributed by atoms with Crippen LogP contribution in [0, 0.1) is 6.92 Å². The molecule has 0 bridgehead atoms. The molecule has 2 heterocycles. The van der Waals surface area contributed by atoms with Crippen LogP contribution in [0.15, 0.2) is 48.5 Å². The van der Waals surface area contributed by atoms with E-state index in [1.54, 1.807) is 6.07 Å². The van der Waals surface area contributed by atoms with Gasteiger partial charge in [-0.25, -0.2) is 9.97 Å². The molecule has 1 amide bonds. The molecule has 1 unspecified atom stereocenters. The van der Waals surface area contributed by atoms with Crippen molar-refractivity contribution in [1.29, 1.82) is 0 Å². The first-order valence-corrected chi connectivity index (χ1v) is 9.45. The van der Waals surface area contributed by atoms with E-state index in [1.165, 1.54) is 25.1 Å². The summed E-state index contributed by atoms with van der Waals surface area (Å²) in [7, 11) is 0. The van der Waals surface area contributed by atoms with Crippen LogP contribution in [0.25, 0.3) is 10.9 Å². The summed E-state index contributed by atoms with van der Waals surface area (Å²) < 4.78 is 0. The van der Waals surface area contributed by atoms with Gasteiger partial charge < -0.3 is 10.6 Å². The molecular weight excluding hydrogens is 336 g/mol. The van der Waals surface area contributed by atoms with Crippen molar-refractivity contribution in [2.24, 2.45) is 5.73 Å². The van der Waals surface area contributed by atoms with Gasteiger partial charge in [-0.3, -0.25) is 4.79 Å². The monoisotopic (exact) mass is 360 g/mol. The number of hydrogen-bond donors (Lipinski definition) is 1. The van der Waals surface area contributed by atoms with Gasteiger partial charge in [0.25, 0.3) is 5.91 Å². The lowest BCUT2D eigenvalue weighted by atomic mass is 9.91. The Morgan fingerprint density at radius 1 is 1.11 bits per heavy atom. The fourth-order valence-corrected chi connectivity index (χ4v) is 3.82. The third kappa shape index (κ3) is 3.69. The van der Waals surface area contributed by atoms with Gasteiger partial charge in [0, 0.05) is 17.8 Å². The van der Waals surface area contributed by atoms with Gasteiger partial charge in [-0.1, -0.05) is 42.5 Å². The molecule has 1 aromatic heterocycles. The minimum Gasteiger partial charge on any atom is -0.366 e. The highest BCUT2D eigenvalue weighted by atomic mass is 16.1. The fourth-order valence-electron chi connectivity index (χ4n) is 3.82. The van der Waals surface area contributed by atoms with Gasteiger partial charge in [0.2, 0.25) is 0 Å². The molecule has 5 heteroatoms. The Bertz CT molecular complexity index is 967. The average Bonchev–Trinajstić information content (AvgIpc) is 2.63. The largest absolute Gasteiger partial charge is 0.366 e. The van der Waals surface area contributed by atoms with Gasteiger partial charge >= 0.3 is 0 Å². The van der Waals surface area contributed by atoms with E-state index in [4.69, 9.17) is 10.7 Å². The zero-order valence-corrected chi connectivity index (χ0v) is 15.6. The van der Waals surface area contributed by atoms with Crippen LogP contribution in [0.3, 0.4) is 0 Å². The number of rotatable bonds is 6. The molecule has 0 spiro atoms. The van der Waals surface area contributed by atoms with E-state index in [9.17, 15) is 4.79 Å². The number of para-hydroxylation sites is 1.